The Morgan fingerprint density at radius 3 is 2.18 bits per heavy atom. The van der Waals surface area contributed by atoms with E-state index in [0.29, 0.717) is 5.76 Å². The molecule has 0 amide bonds. The van der Waals surface area contributed by atoms with Crippen LogP contribution in [0.2, 0.25) is 0 Å². The maximum Gasteiger partial charge on any atom is 0.343 e. The van der Waals surface area contributed by atoms with Crippen LogP contribution in [0.5, 0.6) is 0 Å². The zero-order chi connectivity index (χ0) is 17.1. The highest BCUT2D eigenvalue weighted by Gasteiger charge is 2.33. The molecule has 1 aromatic rings. The van der Waals surface area contributed by atoms with Crippen LogP contribution < -0.4 is 0 Å². The molecule has 0 unspecified atom stereocenters. The third-order valence-corrected chi connectivity index (χ3v) is 2.66. The maximum absolute atomic E-state index is 12.2. The van der Waals surface area contributed by atoms with Gasteiger partial charge in [0.25, 0.3) is 0 Å². The van der Waals surface area contributed by atoms with E-state index in [1.165, 1.54) is 0 Å². The second kappa shape index (κ2) is 6.50. The second-order valence-electron chi connectivity index (χ2n) is 7.07. The minimum atomic E-state index is -0.599. The van der Waals surface area contributed by atoms with Gasteiger partial charge in [-0.05, 0) is 27.7 Å². The summed E-state index contributed by atoms with van der Waals surface area (Å²) in [6, 6.07) is 0. The maximum atomic E-state index is 12.2. The van der Waals surface area contributed by atoms with E-state index in [9.17, 15) is 9.59 Å². The van der Waals surface area contributed by atoms with Gasteiger partial charge in [-0.15, -0.1) is 0 Å². The van der Waals surface area contributed by atoms with Crippen LogP contribution in [0.4, 0.5) is 0 Å². The lowest BCUT2D eigenvalue weighted by molar-refractivity contribution is -0.154. The van der Waals surface area contributed by atoms with E-state index in [1.54, 1.807) is 27.7 Å². The summed E-state index contributed by atoms with van der Waals surface area (Å²) in [4.78, 5) is 24.2. The molecule has 0 fully saturated rings. The molecule has 22 heavy (non-hydrogen) atoms. The summed E-state index contributed by atoms with van der Waals surface area (Å²) in [7, 11) is 0. The fraction of sp³-hybridized carbons (Fsp3) is 0.688. The summed E-state index contributed by atoms with van der Waals surface area (Å²) >= 11 is 0. The van der Waals surface area contributed by atoms with E-state index in [1.807, 2.05) is 20.8 Å². The van der Waals surface area contributed by atoms with Gasteiger partial charge in [-0.25, -0.2) is 4.79 Å². The van der Waals surface area contributed by atoms with Crippen LogP contribution >= 0.6 is 0 Å². The van der Waals surface area contributed by atoms with E-state index in [4.69, 9.17) is 14.0 Å². The molecule has 1 rings (SSSR count). The van der Waals surface area contributed by atoms with Crippen molar-refractivity contribution in [3.63, 3.8) is 0 Å². The van der Waals surface area contributed by atoms with E-state index in [-0.39, 0.29) is 24.3 Å². The lowest BCUT2D eigenvalue weighted by Gasteiger charge is -2.19. The minimum Gasteiger partial charge on any atom is -0.462 e. The lowest BCUT2D eigenvalue weighted by Crippen LogP contribution is -2.26. The normalized spacial score (nSPS) is 12.1. The summed E-state index contributed by atoms with van der Waals surface area (Å²) in [6.45, 7) is 13.0. The van der Waals surface area contributed by atoms with Gasteiger partial charge in [-0.1, -0.05) is 25.9 Å². The van der Waals surface area contributed by atoms with E-state index < -0.39 is 23.0 Å². The van der Waals surface area contributed by atoms with Crippen LogP contribution in [0.15, 0.2) is 4.52 Å². The molecule has 0 bridgehead atoms. The number of hydrogen-bond acceptors (Lipinski definition) is 6. The van der Waals surface area contributed by atoms with Crippen molar-refractivity contribution in [2.45, 2.75) is 65.9 Å². The van der Waals surface area contributed by atoms with Gasteiger partial charge in [0.15, 0.2) is 5.76 Å². The van der Waals surface area contributed by atoms with Gasteiger partial charge in [0.05, 0.1) is 13.0 Å². The summed E-state index contributed by atoms with van der Waals surface area (Å²) in [5.74, 6) is -0.594. The number of carbonyl (C=O) groups excluding carboxylic acids is 2. The number of rotatable bonds is 4. The molecule has 0 aliphatic carbocycles. The molecule has 6 heteroatoms. The van der Waals surface area contributed by atoms with Crippen molar-refractivity contribution >= 4 is 11.9 Å². The molecule has 0 aliphatic heterocycles. The van der Waals surface area contributed by atoms with E-state index in [0.717, 1.165) is 0 Å². The Labute approximate surface area is 131 Å². The van der Waals surface area contributed by atoms with Gasteiger partial charge in [0.1, 0.15) is 16.9 Å². The number of aromatic nitrogens is 1. The third kappa shape index (κ3) is 4.86. The minimum absolute atomic E-state index is 0.134. The number of carbonyl (C=O) groups is 2. The first-order valence-corrected chi connectivity index (χ1v) is 7.33. The SMILES string of the molecule is CCOC(=O)c1c(CC(=O)OC(C)(C)C)noc1C(C)(C)C. The van der Waals surface area contributed by atoms with Crippen molar-refractivity contribution in [2.24, 2.45) is 0 Å². The lowest BCUT2D eigenvalue weighted by atomic mass is 9.89. The number of hydrogen-bond donors (Lipinski definition) is 0. The van der Waals surface area contributed by atoms with Crippen molar-refractivity contribution < 1.29 is 23.6 Å². The second-order valence-corrected chi connectivity index (χ2v) is 7.07. The molecule has 1 aromatic heterocycles. The summed E-state index contributed by atoms with van der Waals surface area (Å²) in [5, 5.41) is 3.88. The standard InChI is InChI=1S/C16H25NO5/c1-8-20-14(19)12-10(9-11(18)21-16(5,6)7)17-22-13(12)15(2,3)4/h8-9H2,1-7H3. The monoisotopic (exact) mass is 311 g/mol. The third-order valence-electron chi connectivity index (χ3n) is 2.66. The topological polar surface area (TPSA) is 78.6 Å². The van der Waals surface area contributed by atoms with Crippen LogP contribution in [0, 0.1) is 0 Å². The number of nitrogens with zero attached hydrogens (tertiary/aromatic N) is 1. The first kappa shape index (κ1) is 18.2. The molecule has 0 spiro atoms. The molecule has 0 saturated carbocycles. The van der Waals surface area contributed by atoms with E-state index in [2.05, 4.69) is 5.16 Å². The van der Waals surface area contributed by atoms with Gasteiger partial charge in [-0.2, -0.15) is 0 Å². The van der Waals surface area contributed by atoms with Crippen molar-refractivity contribution in [1.29, 1.82) is 0 Å². The molecule has 6 nitrogen and oxygen atoms in total. The number of esters is 2. The van der Waals surface area contributed by atoms with Crippen LogP contribution in [0.25, 0.3) is 0 Å². The smallest absolute Gasteiger partial charge is 0.343 e. The highest BCUT2D eigenvalue weighted by Crippen LogP contribution is 2.29. The summed E-state index contributed by atoms with van der Waals surface area (Å²) in [6.07, 6.45) is -0.134. The van der Waals surface area contributed by atoms with Crippen LogP contribution in [-0.4, -0.2) is 29.3 Å². The van der Waals surface area contributed by atoms with Crippen molar-refractivity contribution in [1.82, 2.24) is 5.16 Å². The van der Waals surface area contributed by atoms with Crippen LogP contribution in [0.3, 0.4) is 0 Å². The molecular formula is C16H25NO5. The Morgan fingerprint density at radius 1 is 1.14 bits per heavy atom. The zero-order valence-electron chi connectivity index (χ0n) is 14.4. The molecule has 0 aliphatic rings. The summed E-state index contributed by atoms with van der Waals surface area (Å²) in [5.41, 5.74) is -0.559. The first-order valence-electron chi connectivity index (χ1n) is 7.33. The Bertz CT molecular complexity index is 546. The molecule has 0 aromatic carbocycles. The Balaban J connectivity index is 3.12. The van der Waals surface area contributed by atoms with Crippen LogP contribution in [-0.2, 0) is 26.1 Å². The highest BCUT2D eigenvalue weighted by atomic mass is 16.6. The van der Waals surface area contributed by atoms with Crippen molar-refractivity contribution in [3.05, 3.63) is 17.0 Å². The largest absolute Gasteiger partial charge is 0.462 e. The quantitative estimate of drug-likeness (QED) is 0.795. The molecule has 0 radical (unpaired) electrons. The Morgan fingerprint density at radius 2 is 1.73 bits per heavy atom. The Hall–Kier alpha value is -1.85. The highest BCUT2D eigenvalue weighted by molar-refractivity contribution is 5.93. The average Bonchev–Trinajstić information content (AvgIpc) is 2.69. The Kier molecular flexibility index (Phi) is 5.38. The average molecular weight is 311 g/mol. The van der Waals surface area contributed by atoms with Gasteiger partial charge < -0.3 is 14.0 Å². The molecular weight excluding hydrogens is 286 g/mol. The van der Waals surface area contributed by atoms with Gasteiger partial charge in [0, 0.05) is 5.41 Å². The summed E-state index contributed by atoms with van der Waals surface area (Å²) < 4.78 is 15.6. The molecule has 0 N–H and O–H groups in total. The van der Waals surface area contributed by atoms with Gasteiger partial charge in [0.2, 0.25) is 0 Å². The van der Waals surface area contributed by atoms with Gasteiger partial charge in [-0.3, -0.25) is 4.79 Å². The van der Waals surface area contributed by atoms with Gasteiger partial charge >= 0.3 is 11.9 Å². The predicted molar refractivity (Wildman–Crippen MR) is 80.7 cm³/mol. The molecule has 124 valence electrons. The van der Waals surface area contributed by atoms with E-state index >= 15 is 0 Å². The number of ether oxygens (including phenoxy) is 2. The molecule has 1 heterocycles. The van der Waals surface area contributed by atoms with Crippen molar-refractivity contribution in [2.75, 3.05) is 6.61 Å². The fourth-order valence-electron chi connectivity index (χ4n) is 1.88. The predicted octanol–water partition coefficient (Wildman–Crippen LogP) is 3.03. The molecule has 0 atom stereocenters. The molecule has 0 saturated heterocycles. The first-order chi connectivity index (χ1) is 9.95. The zero-order valence-corrected chi connectivity index (χ0v) is 14.4. The fourth-order valence-corrected chi connectivity index (χ4v) is 1.88. The van der Waals surface area contributed by atoms with Crippen molar-refractivity contribution in [3.8, 4) is 0 Å². The van der Waals surface area contributed by atoms with Crippen LogP contribution in [0.1, 0.15) is 70.3 Å².